The quantitative estimate of drug-likeness (QED) is 0.256. The molecule has 0 spiro atoms. The summed E-state index contributed by atoms with van der Waals surface area (Å²) in [6.07, 6.45) is 1.46. The van der Waals surface area contributed by atoms with Crippen LogP contribution in [0.3, 0.4) is 0 Å². The van der Waals surface area contributed by atoms with Crippen LogP contribution in [0.1, 0.15) is 17.3 Å². The second kappa shape index (κ2) is 7.51. The fraction of sp³-hybridized carbons (Fsp3) is 0.182. The maximum atomic E-state index is 11.4. The number of benzene rings is 1. The maximum absolute atomic E-state index is 11.4. The molecule has 0 fully saturated rings. The van der Waals surface area contributed by atoms with Crippen molar-refractivity contribution in [3.63, 3.8) is 0 Å². The summed E-state index contributed by atoms with van der Waals surface area (Å²) in [5.74, 6) is 0.183. The monoisotopic (exact) mass is 214 g/mol. The standard InChI is InChI=1S/C11H12O3.Na/c1-2-14-11-6-4-3-5-9(11)10(13)7-8-12;/h3-8,12H,2H2,1H3;/q;+1/p-1. The molecule has 1 aromatic carbocycles. The number of ether oxygens (including phenoxy) is 1. The van der Waals surface area contributed by atoms with Gasteiger partial charge in [0.2, 0.25) is 0 Å². The van der Waals surface area contributed by atoms with E-state index >= 15 is 0 Å². The number of hydrogen-bond acceptors (Lipinski definition) is 3. The van der Waals surface area contributed by atoms with E-state index in [1.807, 2.05) is 6.92 Å². The average molecular weight is 214 g/mol. The van der Waals surface area contributed by atoms with Crippen molar-refractivity contribution in [3.8, 4) is 5.75 Å². The first-order chi connectivity index (χ1) is 6.79. The topological polar surface area (TPSA) is 49.4 Å². The third kappa shape index (κ3) is 4.08. The molecule has 1 rings (SSSR count). The number of rotatable bonds is 4. The predicted octanol–water partition coefficient (Wildman–Crippen LogP) is -1.85. The van der Waals surface area contributed by atoms with Gasteiger partial charge in [0.15, 0.2) is 5.78 Å². The van der Waals surface area contributed by atoms with Gasteiger partial charge in [-0.15, -0.1) is 6.26 Å². The zero-order chi connectivity index (χ0) is 10.4. The van der Waals surface area contributed by atoms with E-state index in [1.165, 1.54) is 0 Å². The van der Waals surface area contributed by atoms with E-state index in [0.717, 1.165) is 6.08 Å². The molecule has 0 amide bonds. The van der Waals surface area contributed by atoms with E-state index in [1.54, 1.807) is 24.3 Å². The summed E-state index contributed by atoms with van der Waals surface area (Å²) in [5.41, 5.74) is 0.418. The molecule has 0 aromatic heterocycles. The van der Waals surface area contributed by atoms with Crippen LogP contribution in [0.4, 0.5) is 0 Å². The van der Waals surface area contributed by atoms with Gasteiger partial charge < -0.3 is 9.84 Å². The van der Waals surface area contributed by atoms with Crippen molar-refractivity contribution in [1.82, 2.24) is 0 Å². The zero-order valence-corrected chi connectivity index (χ0v) is 10.9. The van der Waals surface area contributed by atoms with Gasteiger partial charge in [0.1, 0.15) is 5.75 Å². The summed E-state index contributed by atoms with van der Waals surface area (Å²) >= 11 is 0. The fourth-order valence-corrected chi connectivity index (χ4v) is 1.10. The average Bonchev–Trinajstić information content (AvgIpc) is 2.19. The minimum Gasteiger partial charge on any atom is -0.878 e. The number of allylic oxidation sites excluding steroid dienone is 1. The summed E-state index contributed by atoms with van der Waals surface area (Å²) in [4.78, 5) is 11.4. The van der Waals surface area contributed by atoms with Gasteiger partial charge in [-0.3, -0.25) is 4.79 Å². The van der Waals surface area contributed by atoms with Crippen LogP contribution in [-0.4, -0.2) is 12.4 Å². The molecule has 3 nitrogen and oxygen atoms in total. The third-order valence-corrected chi connectivity index (χ3v) is 1.67. The first-order valence-corrected chi connectivity index (χ1v) is 4.34. The van der Waals surface area contributed by atoms with Crippen LogP contribution < -0.4 is 39.4 Å². The molecule has 4 heteroatoms. The molecule has 0 aliphatic carbocycles. The minimum atomic E-state index is -0.330. The number of carbonyl (C=O) groups is 1. The van der Waals surface area contributed by atoms with Gasteiger partial charge in [0.25, 0.3) is 0 Å². The molecule has 1 aromatic rings. The molecule has 74 valence electrons. The second-order valence-electron chi connectivity index (χ2n) is 2.60. The summed E-state index contributed by atoms with van der Waals surface area (Å²) < 4.78 is 5.25. The van der Waals surface area contributed by atoms with Crippen molar-refractivity contribution in [1.29, 1.82) is 0 Å². The van der Waals surface area contributed by atoms with Gasteiger partial charge in [-0.1, -0.05) is 12.1 Å². The Morgan fingerprint density at radius 2 is 2.13 bits per heavy atom. The van der Waals surface area contributed by atoms with Crippen LogP contribution in [0.25, 0.3) is 0 Å². The van der Waals surface area contributed by atoms with Crippen molar-refractivity contribution in [2.75, 3.05) is 6.61 Å². The molecule has 0 N–H and O–H groups in total. The molecule has 0 aliphatic rings. The molecule has 0 bridgehead atoms. The van der Waals surface area contributed by atoms with Crippen LogP contribution in [0, 0.1) is 0 Å². The number of carbonyl (C=O) groups excluding carboxylic acids is 1. The molecule has 0 heterocycles. The third-order valence-electron chi connectivity index (χ3n) is 1.67. The Labute approximate surface area is 111 Å². The van der Waals surface area contributed by atoms with E-state index in [4.69, 9.17) is 4.74 Å². The van der Waals surface area contributed by atoms with Crippen molar-refractivity contribution in [2.45, 2.75) is 6.92 Å². The van der Waals surface area contributed by atoms with E-state index < -0.39 is 0 Å². The molecule has 0 aliphatic heterocycles. The minimum absolute atomic E-state index is 0. The smallest absolute Gasteiger partial charge is 0.878 e. The summed E-state index contributed by atoms with van der Waals surface area (Å²) in [5, 5.41) is 10.1. The number of hydrogen-bond donors (Lipinski definition) is 0. The molecule has 0 unspecified atom stereocenters. The number of para-hydroxylation sites is 1. The Bertz CT molecular complexity index is 347. The molecule has 15 heavy (non-hydrogen) atoms. The van der Waals surface area contributed by atoms with Crippen molar-refractivity contribution < 1.29 is 44.2 Å². The van der Waals surface area contributed by atoms with Crippen molar-refractivity contribution in [2.24, 2.45) is 0 Å². The van der Waals surface area contributed by atoms with Gasteiger partial charge in [-0.25, -0.2) is 0 Å². The second-order valence-corrected chi connectivity index (χ2v) is 2.60. The first kappa shape index (κ1) is 14.2. The molecule has 0 saturated carbocycles. The van der Waals surface area contributed by atoms with Gasteiger partial charge in [-0.2, -0.15) is 0 Å². The molecular weight excluding hydrogens is 203 g/mol. The van der Waals surface area contributed by atoms with Crippen LogP contribution in [-0.2, 0) is 0 Å². The fourth-order valence-electron chi connectivity index (χ4n) is 1.10. The van der Waals surface area contributed by atoms with Crippen LogP contribution in [0.2, 0.25) is 0 Å². The van der Waals surface area contributed by atoms with Gasteiger partial charge in [-0.05, 0) is 25.1 Å². The normalized spacial score (nSPS) is 9.67. The Balaban J connectivity index is 0.00000196. The van der Waals surface area contributed by atoms with Gasteiger partial charge in [0.05, 0.1) is 12.2 Å². The molecular formula is C11H11NaO3. The SMILES string of the molecule is CCOc1ccccc1C(=O)C=C[O-].[Na+]. The zero-order valence-electron chi connectivity index (χ0n) is 8.90. The molecule has 0 atom stereocenters. The Hall–Kier alpha value is -0.770. The van der Waals surface area contributed by atoms with Crippen LogP contribution in [0.5, 0.6) is 5.75 Å². The molecule has 0 radical (unpaired) electrons. The summed E-state index contributed by atoms with van der Waals surface area (Å²) in [7, 11) is 0. The van der Waals surface area contributed by atoms with E-state index in [2.05, 4.69) is 0 Å². The Kier molecular flexibility index (Phi) is 7.13. The van der Waals surface area contributed by atoms with Gasteiger partial charge in [0, 0.05) is 0 Å². The van der Waals surface area contributed by atoms with Crippen molar-refractivity contribution in [3.05, 3.63) is 42.2 Å². The summed E-state index contributed by atoms with van der Waals surface area (Å²) in [6.45, 7) is 2.33. The predicted molar refractivity (Wildman–Crippen MR) is 51.1 cm³/mol. The van der Waals surface area contributed by atoms with Gasteiger partial charge >= 0.3 is 29.6 Å². The van der Waals surface area contributed by atoms with Crippen LogP contribution in [0.15, 0.2) is 36.6 Å². The van der Waals surface area contributed by atoms with E-state index in [9.17, 15) is 9.90 Å². The van der Waals surface area contributed by atoms with Crippen LogP contribution >= 0.6 is 0 Å². The van der Waals surface area contributed by atoms with E-state index in [-0.39, 0.29) is 35.3 Å². The Morgan fingerprint density at radius 1 is 1.47 bits per heavy atom. The number of ketones is 1. The van der Waals surface area contributed by atoms with Crippen molar-refractivity contribution >= 4 is 5.78 Å². The largest absolute Gasteiger partial charge is 1.00 e. The molecule has 0 saturated heterocycles. The van der Waals surface area contributed by atoms with E-state index in [0.29, 0.717) is 24.2 Å². The Morgan fingerprint density at radius 3 is 2.73 bits per heavy atom. The maximum Gasteiger partial charge on any atom is 1.00 e. The first-order valence-electron chi connectivity index (χ1n) is 4.34. The summed E-state index contributed by atoms with van der Waals surface area (Å²) in [6, 6.07) is 6.85.